The van der Waals surface area contributed by atoms with Crippen LogP contribution in [0.25, 0.3) is 6.08 Å². The molecule has 16 heavy (non-hydrogen) atoms. The zero-order valence-corrected chi connectivity index (χ0v) is 9.84. The Balaban J connectivity index is 1.95. The summed E-state index contributed by atoms with van der Waals surface area (Å²) in [6.07, 6.45) is 16.2. The molecule has 1 aromatic rings. The summed E-state index contributed by atoms with van der Waals surface area (Å²) in [6, 6.07) is 4.85. The molecule has 83 valence electrons. The molecule has 2 aliphatic rings. The highest BCUT2D eigenvalue weighted by atomic mass is 14.2. The molecule has 0 nitrogen and oxygen atoms in total. The third-order valence-corrected chi connectivity index (χ3v) is 3.85. The van der Waals surface area contributed by atoms with E-state index in [1.54, 1.807) is 11.1 Å². The molecule has 0 amide bonds. The highest BCUT2D eigenvalue weighted by Gasteiger charge is 2.12. The zero-order chi connectivity index (χ0) is 10.8. The molecule has 0 saturated carbocycles. The van der Waals surface area contributed by atoms with Crippen molar-refractivity contribution in [3.8, 4) is 0 Å². The van der Waals surface area contributed by atoms with Crippen LogP contribution in [0.4, 0.5) is 0 Å². The van der Waals surface area contributed by atoms with Crippen LogP contribution in [-0.2, 0) is 12.8 Å². The van der Waals surface area contributed by atoms with Crippen molar-refractivity contribution in [2.24, 2.45) is 0 Å². The monoisotopic (exact) mass is 211 g/mol. The molecule has 0 atom stereocenters. The molecule has 0 N–H and O–H groups in total. The number of rotatable bonds is 0. The molecule has 1 aromatic carbocycles. The second-order valence-corrected chi connectivity index (χ2v) is 5.04. The van der Waals surface area contributed by atoms with Gasteiger partial charge >= 0.3 is 0 Å². The second-order valence-electron chi connectivity index (χ2n) is 5.04. The van der Waals surface area contributed by atoms with Crippen LogP contribution in [0.5, 0.6) is 0 Å². The lowest BCUT2D eigenvalue weighted by Gasteiger charge is -2.11. The van der Waals surface area contributed by atoms with E-state index in [0.717, 1.165) is 0 Å². The fraction of sp³-hybridized carbons (Fsp3) is 0.438. The maximum absolute atomic E-state index is 2.43. The van der Waals surface area contributed by atoms with E-state index in [9.17, 15) is 0 Å². The van der Waals surface area contributed by atoms with Gasteiger partial charge in [0, 0.05) is 6.42 Å². The van der Waals surface area contributed by atoms with Gasteiger partial charge in [-0.25, -0.2) is 0 Å². The summed E-state index contributed by atoms with van der Waals surface area (Å²) in [5, 5.41) is 0. The van der Waals surface area contributed by atoms with E-state index in [2.05, 4.69) is 30.7 Å². The lowest BCUT2D eigenvalue weighted by atomic mass is 9.94. The third-order valence-electron chi connectivity index (χ3n) is 3.85. The number of hydrogen-bond donors (Lipinski definition) is 0. The molecule has 0 heteroatoms. The van der Waals surface area contributed by atoms with Gasteiger partial charge in [0.15, 0.2) is 0 Å². The van der Waals surface area contributed by atoms with E-state index in [-0.39, 0.29) is 0 Å². The SMILES string of the molecule is [CH]1C=Cc2cc3c(cc21)CCCCCCC3. The molecule has 0 fully saturated rings. The Hall–Kier alpha value is -1.04. The molecule has 0 aromatic heterocycles. The summed E-state index contributed by atoms with van der Waals surface area (Å²) < 4.78 is 0. The molecule has 0 unspecified atom stereocenters. The van der Waals surface area contributed by atoms with Crippen LogP contribution in [-0.4, -0.2) is 0 Å². The summed E-state index contributed by atoms with van der Waals surface area (Å²) in [4.78, 5) is 0. The van der Waals surface area contributed by atoms with Crippen molar-refractivity contribution < 1.29 is 0 Å². The van der Waals surface area contributed by atoms with E-state index in [1.165, 1.54) is 56.1 Å². The molecule has 0 bridgehead atoms. The topological polar surface area (TPSA) is 0 Å². The van der Waals surface area contributed by atoms with E-state index in [4.69, 9.17) is 0 Å². The van der Waals surface area contributed by atoms with Gasteiger partial charge in [-0.05, 0) is 47.9 Å². The predicted octanol–water partition coefficient (Wildman–Crippen LogP) is 4.31. The minimum Gasteiger partial charge on any atom is -0.0755 e. The molecule has 0 spiro atoms. The Morgan fingerprint density at radius 1 is 0.688 bits per heavy atom. The summed E-state index contributed by atoms with van der Waals surface area (Å²) in [6.45, 7) is 0. The van der Waals surface area contributed by atoms with Crippen molar-refractivity contribution in [3.63, 3.8) is 0 Å². The van der Waals surface area contributed by atoms with Gasteiger partial charge in [0.25, 0.3) is 0 Å². The first-order valence-corrected chi connectivity index (χ1v) is 6.61. The summed E-state index contributed by atoms with van der Waals surface area (Å²) in [5.41, 5.74) is 6.08. The maximum atomic E-state index is 2.43. The van der Waals surface area contributed by atoms with Crippen LogP contribution in [0.15, 0.2) is 18.2 Å². The van der Waals surface area contributed by atoms with Crippen LogP contribution in [0.1, 0.15) is 54.4 Å². The molecule has 0 aliphatic heterocycles. The fourth-order valence-corrected chi connectivity index (χ4v) is 2.90. The van der Waals surface area contributed by atoms with Crippen LogP contribution in [0.3, 0.4) is 0 Å². The smallest absolute Gasteiger partial charge is 0.0131 e. The van der Waals surface area contributed by atoms with Gasteiger partial charge in [0.1, 0.15) is 0 Å². The molecular formula is C16H19. The average Bonchev–Trinajstić information content (AvgIpc) is 2.76. The van der Waals surface area contributed by atoms with Gasteiger partial charge < -0.3 is 0 Å². The van der Waals surface area contributed by atoms with Crippen molar-refractivity contribution >= 4 is 6.08 Å². The van der Waals surface area contributed by atoms with Crippen molar-refractivity contribution in [3.05, 3.63) is 46.9 Å². The summed E-state index contributed by atoms with van der Waals surface area (Å²) in [5.74, 6) is 0. The van der Waals surface area contributed by atoms with E-state index >= 15 is 0 Å². The minimum absolute atomic E-state index is 1.29. The molecule has 0 heterocycles. The standard InChI is InChI=1S/C16H19/c1-2-4-7-13-11-15-9-6-10-16(15)12-14(13)8-5-3-1/h6,9-12H,1-5,7-8H2. The first kappa shape index (κ1) is 10.1. The van der Waals surface area contributed by atoms with Gasteiger partial charge in [-0.15, -0.1) is 0 Å². The minimum atomic E-state index is 1.29. The van der Waals surface area contributed by atoms with Crippen molar-refractivity contribution in [2.45, 2.75) is 44.9 Å². The molecule has 2 aliphatic carbocycles. The molecule has 3 rings (SSSR count). The van der Waals surface area contributed by atoms with Crippen molar-refractivity contribution in [1.29, 1.82) is 0 Å². The highest BCUT2D eigenvalue weighted by molar-refractivity contribution is 5.66. The maximum Gasteiger partial charge on any atom is 0.0131 e. The Morgan fingerprint density at radius 2 is 1.31 bits per heavy atom. The van der Waals surface area contributed by atoms with Crippen LogP contribution >= 0.6 is 0 Å². The lowest BCUT2D eigenvalue weighted by Crippen LogP contribution is -1.96. The number of fused-ring (bicyclic) bond motifs is 2. The Labute approximate surface area is 98.4 Å². The van der Waals surface area contributed by atoms with Gasteiger partial charge in [-0.1, -0.05) is 43.5 Å². The van der Waals surface area contributed by atoms with Crippen molar-refractivity contribution in [1.82, 2.24) is 0 Å². The van der Waals surface area contributed by atoms with Crippen LogP contribution < -0.4 is 0 Å². The summed E-state index contributed by atoms with van der Waals surface area (Å²) in [7, 11) is 0. The van der Waals surface area contributed by atoms with Gasteiger partial charge in [-0.3, -0.25) is 0 Å². The van der Waals surface area contributed by atoms with Gasteiger partial charge in [0.2, 0.25) is 0 Å². The number of benzene rings is 1. The van der Waals surface area contributed by atoms with E-state index in [0.29, 0.717) is 0 Å². The molecule has 0 saturated heterocycles. The normalized spacial score (nSPS) is 19.5. The average molecular weight is 211 g/mol. The van der Waals surface area contributed by atoms with E-state index in [1.807, 2.05) is 0 Å². The number of allylic oxidation sites excluding steroid dienone is 1. The van der Waals surface area contributed by atoms with Crippen LogP contribution in [0, 0.1) is 6.42 Å². The second kappa shape index (κ2) is 4.45. The molecular weight excluding hydrogens is 192 g/mol. The van der Waals surface area contributed by atoms with Gasteiger partial charge in [-0.2, -0.15) is 0 Å². The van der Waals surface area contributed by atoms with Crippen LogP contribution in [0.2, 0.25) is 0 Å². The zero-order valence-electron chi connectivity index (χ0n) is 9.84. The third kappa shape index (κ3) is 1.93. The Morgan fingerprint density at radius 3 is 2.06 bits per heavy atom. The fourth-order valence-electron chi connectivity index (χ4n) is 2.90. The predicted molar refractivity (Wildman–Crippen MR) is 69.4 cm³/mol. The number of aryl methyl sites for hydroxylation is 2. The van der Waals surface area contributed by atoms with Crippen molar-refractivity contribution in [2.75, 3.05) is 0 Å². The first-order valence-electron chi connectivity index (χ1n) is 6.61. The Bertz CT molecular complexity index is 412. The summed E-state index contributed by atoms with van der Waals surface area (Å²) >= 11 is 0. The largest absolute Gasteiger partial charge is 0.0755 e. The van der Waals surface area contributed by atoms with E-state index < -0.39 is 0 Å². The molecule has 1 radical (unpaired) electrons. The quantitative estimate of drug-likeness (QED) is 0.599. The lowest BCUT2D eigenvalue weighted by molar-refractivity contribution is 0.629. The highest BCUT2D eigenvalue weighted by Crippen LogP contribution is 2.28. The Kier molecular flexibility index (Phi) is 2.82. The first-order chi connectivity index (χ1) is 7.93. The van der Waals surface area contributed by atoms with Gasteiger partial charge in [0.05, 0.1) is 0 Å². The number of hydrogen-bond acceptors (Lipinski definition) is 0.